The van der Waals surface area contributed by atoms with Crippen LogP contribution in [0.4, 0.5) is 0 Å². The normalized spacial score (nSPS) is 26.1. The van der Waals surface area contributed by atoms with Crippen LogP contribution in [0.2, 0.25) is 0 Å². The summed E-state index contributed by atoms with van der Waals surface area (Å²) in [4.78, 5) is 0. The number of hydrogen-bond acceptors (Lipinski definition) is 3. The SMILES string of the molecule is Cc1nn(C)c(C)c1CC1(O)CCNC1. The molecule has 0 amide bonds. The number of nitrogens with one attached hydrogen (secondary N) is 1. The zero-order chi connectivity index (χ0) is 11.1. The molecule has 2 rings (SSSR count). The van der Waals surface area contributed by atoms with Gasteiger partial charge >= 0.3 is 0 Å². The van der Waals surface area contributed by atoms with E-state index in [1.54, 1.807) is 0 Å². The summed E-state index contributed by atoms with van der Waals surface area (Å²) in [5, 5.41) is 17.9. The van der Waals surface area contributed by atoms with Gasteiger partial charge in [0.25, 0.3) is 0 Å². The molecular weight excluding hydrogens is 190 g/mol. The van der Waals surface area contributed by atoms with Crippen LogP contribution in [0.3, 0.4) is 0 Å². The van der Waals surface area contributed by atoms with Gasteiger partial charge in [-0.15, -0.1) is 0 Å². The van der Waals surface area contributed by atoms with Crippen molar-refractivity contribution in [3.63, 3.8) is 0 Å². The second-order valence-corrected chi connectivity index (χ2v) is 4.60. The monoisotopic (exact) mass is 209 g/mol. The average Bonchev–Trinajstić information content (AvgIpc) is 2.68. The maximum atomic E-state index is 10.3. The van der Waals surface area contributed by atoms with Crippen molar-refractivity contribution in [2.24, 2.45) is 7.05 Å². The molecule has 4 heteroatoms. The van der Waals surface area contributed by atoms with E-state index in [2.05, 4.69) is 17.3 Å². The van der Waals surface area contributed by atoms with Gasteiger partial charge in [0.15, 0.2) is 0 Å². The largest absolute Gasteiger partial charge is 0.388 e. The Morgan fingerprint density at radius 1 is 1.53 bits per heavy atom. The maximum Gasteiger partial charge on any atom is 0.0825 e. The van der Waals surface area contributed by atoms with Crippen LogP contribution in [0.1, 0.15) is 23.4 Å². The van der Waals surface area contributed by atoms with Crippen LogP contribution in [0.15, 0.2) is 0 Å². The lowest BCUT2D eigenvalue weighted by atomic mass is 9.93. The highest BCUT2D eigenvalue weighted by molar-refractivity contribution is 5.26. The standard InChI is InChI=1S/C11H19N3O/c1-8-10(9(2)14(3)13-8)6-11(15)4-5-12-7-11/h12,15H,4-7H2,1-3H3. The topological polar surface area (TPSA) is 50.1 Å². The summed E-state index contributed by atoms with van der Waals surface area (Å²) in [6, 6.07) is 0. The van der Waals surface area contributed by atoms with Crippen molar-refractivity contribution in [2.45, 2.75) is 32.3 Å². The number of hydrogen-bond donors (Lipinski definition) is 2. The molecule has 4 nitrogen and oxygen atoms in total. The fraction of sp³-hybridized carbons (Fsp3) is 0.727. The number of aryl methyl sites for hydroxylation is 2. The first-order chi connectivity index (χ1) is 7.02. The summed E-state index contributed by atoms with van der Waals surface area (Å²) in [7, 11) is 1.95. The predicted molar refractivity (Wildman–Crippen MR) is 58.8 cm³/mol. The van der Waals surface area contributed by atoms with Gasteiger partial charge in [-0.2, -0.15) is 5.10 Å². The molecule has 1 atom stereocenters. The zero-order valence-corrected chi connectivity index (χ0v) is 9.67. The number of β-amino-alcohol motifs (C(OH)–C–C–N with tert-alkyl or cyclic N) is 1. The summed E-state index contributed by atoms with van der Waals surface area (Å²) in [5.74, 6) is 0. The quantitative estimate of drug-likeness (QED) is 0.737. The van der Waals surface area contributed by atoms with Crippen LogP contribution < -0.4 is 5.32 Å². The first-order valence-electron chi connectivity index (χ1n) is 5.44. The minimum atomic E-state index is -0.571. The van der Waals surface area contributed by atoms with Crippen molar-refractivity contribution in [1.82, 2.24) is 15.1 Å². The van der Waals surface area contributed by atoms with Crippen molar-refractivity contribution in [2.75, 3.05) is 13.1 Å². The molecule has 1 fully saturated rings. The Morgan fingerprint density at radius 3 is 2.73 bits per heavy atom. The summed E-state index contributed by atoms with van der Waals surface area (Å²) in [5.41, 5.74) is 2.82. The van der Waals surface area contributed by atoms with Crippen LogP contribution in [0, 0.1) is 13.8 Å². The van der Waals surface area contributed by atoms with Crippen LogP contribution in [-0.2, 0) is 13.5 Å². The first kappa shape index (κ1) is 10.6. The Balaban J connectivity index is 2.23. The van der Waals surface area contributed by atoms with Gasteiger partial charge in [0.2, 0.25) is 0 Å². The molecule has 0 aromatic carbocycles. The van der Waals surface area contributed by atoms with E-state index in [0.29, 0.717) is 13.0 Å². The molecule has 1 aliphatic rings. The third-order valence-corrected chi connectivity index (χ3v) is 3.39. The van der Waals surface area contributed by atoms with Gasteiger partial charge in [-0.3, -0.25) is 4.68 Å². The third kappa shape index (κ3) is 1.92. The average molecular weight is 209 g/mol. The Kier molecular flexibility index (Phi) is 2.56. The lowest BCUT2D eigenvalue weighted by Crippen LogP contribution is -2.34. The van der Waals surface area contributed by atoms with Crippen LogP contribution in [-0.4, -0.2) is 33.6 Å². The Morgan fingerprint density at radius 2 is 2.27 bits per heavy atom. The molecular formula is C11H19N3O. The molecule has 1 aromatic rings. The van der Waals surface area contributed by atoms with Crippen LogP contribution >= 0.6 is 0 Å². The van der Waals surface area contributed by atoms with E-state index in [4.69, 9.17) is 0 Å². The summed E-state index contributed by atoms with van der Waals surface area (Å²) < 4.78 is 1.89. The molecule has 0 spiro atoms. The van der Waals surface area contributed by atoms with Gasteiger partial charge in [0.05, 0.1) is 11.3 Å². The molecule has 1 unspecified atom stereocenters. The molecule has 2 heterocycles. The summed E-state index contributed by atoms with van der Waals surface area (Å²) in [6.45, 7) is 5.67. The first-order valence-corrected chi connectivity index (χ1v) is 5.44. The van der Waals surface area contributed by atoms with E-state index < -0.39 is 5.60 Å². The van der Waals surface area contributed by atoms with Crippen molar-refractivity contribution < 1.29 is 5.11 Å². The highest BCUT2D eigenvalue weighted by Crippen LogP contribution is 2.24. The summed E-state index contributed by atoms with van der Waals surface area (Å²) >= 11 is 0. The van der Waals surface area contributed by atoms with Crippen molar-refractivity contribution in [3.05, 3.63) is 17.0 Å². The van der Waals surface area contributed by atoms with Gasteiger partial charge < -0.3 is 10.4 Å². The number of aliphatic hydroxyl groups is 1. The fourth-order valence-corrected chi connectivity index (χ4v) is 2.28. The Hall–Kier alpha value is -0.870. The van der Waals surface area contributed by atoms with Crippen molar-refractivity contribution in [1.29, 1.82) is 0 Å². The second kappa shape index (κ2) is 3.61. The smallest absolute Gasteiger partial charge is 0.0825 e. The molecule has 1 saturated heterocycles. The van der Waals surface area contributed by atoms with Gasteiger partial charge in [0, 0.05) is 25.7 Å². The van der Waals surface area contributed by atoms with E-state index >= 15 is 0 Å². The zero-order valence-electron chi connectivity index (χ0n) is 9.67. The van der Waals surface area contributed by atoms with E-state index in [1.165, 1.54) is 5.56 Å². The maximum absolute atomic E-state index is 10.3. The minimum Gasteiger partial charge on any atom is -0.388 e. The van der Waals surface area contributed by atoms with Gasteiger partial charge in [0.1, 0.15) is 0 Å². The highest BCUT2D eigenvalue weighted by Gasteiger charge is 2.32. The molecule has 0 saturated carbocycles. The van der Waals surface area contributed by atoms with Crippen molar-refractivity contribution in [3.8, 4) is 0 Å². The predicted octanol–water partition coefficient (Wildman–Crippen LogP) is 0.304. The van der Waals surface area contributed by atoms with Crippen molar-refractivity contribution >= 4 is 0 Å². The highest BCUT2D eigenvalue weighted by atomic mass is 16.3. The molecule has 15 heavy (non-hydrogen) atoms. The second-order valence-electron chi connectivity index (χ2n) is 4.60. The Bertz CT molecular complexity index is 364. The molecule has 84 valence electrons. The molecule has 0 radical (unpaired) electrons. The van der Waals surface area contributed by atoms with Gasteiger partial charge in [-0.05, 0) is 32.4 Å². The number of rotatable bonds is 2. The molecule has 1 aromatic heterocycles. The molecule has 0 aliphatic carbocycles. The lowest BCUT2D eigenvalue weighted by Gasteiger charge is -2.21. The number of nitrogens with zero attached hydrogens (tertiary/aromatic N) is 2. The minimum absolute atomic E-state index is 0.571. The van der Waals surface area contributed by atoms with Crippen LogP contribution in [0.5, 0.6) is 0 Å². The van der Waals surface area contributed by atoms with E-state index in [9.17, 15) is 5.11 Å². The van der Waals surface area contributed by atoms with E-state index in [0.717, 1.165) is 24.4 Å². The fourth-order valence-electron chi connectivity index (χ4n) is 2.28. The van der Waals surface area contributed by atoms with E-state index in [1.807, 2.05) is 18.7 Å². The Labute approximate surface area is 90.3 Å². The van der Waals surface area contributed by atoms with E-state index in [-0.39, 0.29) is 0 Å². The number of aromatic nitrogens is 2. The van der Waals surface area contributed by atoms with Crippen LogP contribution in [0.25, 0.3) is 0 Å². The molecule has 2 N–H and O–H groups in total. The lowest BCUT2D eigenvalue weighted by molar-refractivity contribution is 0.0615. The molecule has 0 bridgehead atoms. The van der Waals surface area contributed by atoms with Gasteiger partial charge in [-0.1, -0.05) is 0 Å². The van der Waals surface area contributed by atoms with Gasteiger partial charge in [-0.25, -0.2) is 0 Å². The molecule has 1 aliphatic heterocycles. The third-order valence-electron chi connectivity index (χ3n) is 3.39. The summed E-state index contributed by atoms with van der Waals surface area (Å²) in [6.07, 6.45) is 1.55.